The summed E-state index contributed by atoms with van der Waals surface area (Å²) in [6, 6.07) is 16.1. The zero-order valence-corrected chi connectivity index (χ0v) is 13.7. The van der Waals surface area contributed by atoms with E-state index in [1.165, 1.54) is 0 Å². The quantitative estimate of drug-likeness (QED) is 0.736. The highest BCUT2D eigenvalue weighted by Crippen LogP contribution is 2.18. The molecule has 0 aromatic heterocycles. The summed E-state index contributed by atoms with van der Waals surface area (Å²) in [6.07, 6.45) is 0. The van der Waals surface area contributed by atoms with Crippen LogP contribution in [-0.4, -0.2) is 20.3 Å². The molecular formula is C17H20BrNO2. The van der Waals surface area contributed by atoms with Crippen molar-refractivity contribution in [2.75, 3.05) is 20.3 Å². The highest BCUT2D eigenvalue weighted by molar-refractivity contribution is 9.10. The van der Waals surface area contributed by atoms with Crippen LogP contribution in [0, 0.1) is 0 Å². The molecule has 0 aliphatic heterocycles. The third kappa shape index (κ3) is 5.16. The predicted octanol–water partition coefficient (Wildman–Crippen LogP) is 3.76. The fourth-order valence-corrected chi connectivity index (χ4v) is 2.39. The normalized spacial score (nSPS) is 10.6. The number of benzene rings is 2. The van der Waals surface area contributed by atoms with Crippen LogP contribution in [0.5, 0.6) is 5.75 Å². The lowest BCUT2D eigenvalue weighted by Crippen LogP contribution is -2.10. The van der Waals surface area contributed by atoms with Crippen molar-refractivity contribution in [2.45, 2.75) is 13.2 Å². The Kier molecular flexibility index (Phi) is 6.73. The molecule has 0 saturated heterocycles. The van der Waals surface area contributed by atoms with E-state index in [1.807, 2.05) is 49.5 Å². The monoisotopic (exact) mass is 349 g/mol. The van der Waals surface area contributed by atoms with Crippen molar-refractivity contribution in [1.82, 2.24) is 5.32 Å². The van der Waals surface area contributed by atoms with E-state index >= 15 is 0 Å². The second-order valence-electron chi connectivity index (χ2n) is 4.63. The summed E-state index contributed by atoms with van der Waals surface area (Å²) in [5.41, 5.74) is 2.30. The summed E-state index contributed by atoms with van der Waals surface area (Å²) in [4.78, 5) is 0. The van der Waals surface area contributed by atoms with Crippen LogP contribution in [-0.2, 0) is 17.9 Å². The van der Waals surface area contributed by atoms with Gasteiger partial charge in [0.05, 0.1) is 13.2 Å². The third-order valence-electron chi connectivity index (χ3n) is 3.04. The summed E-state index contributed by atoms with van der Waals surface area (Å²) in [6.45, 7) is 2.50. The van der Waals surface area contributed by atoms with Crippen LogP contribution in [0.4, 0.5) is 0 Å². The van der Waals surface area contributed by atoms with E-state index < -0.39 is 0 Å². The maximum atomic E-state index is 5.78. The molecule has 4 heteroatoms. The molecule has 0 heterocycles. The number of rotatable bonds is 8. The Morgan fingerprint density at radius 2 is 1.67 bits per heavy atom. The Morgan fingerprint density at radius 1 is 0.952 bits per heavy atom. The Labute approximate surface area is 134 Å². The van der Waals surface area contributed by atoms with Gasteiger partial charge in [-0.2, -0.15) is 0 Å². The van der Waals surface area contributed by atoms with Crippen molar-refractivity contribution >= 4 is 15.9 Å². The van der Waals surface area contributed by atoms with Gasteiger partial charge in [-0.15, -0.1) is 0 Å². The molecule has 0 aliphatic carbocycles. The Balaban J connectivity index is 1.74. The van der Waals surface area contributed by atoms with Crippen LogP contribution in [0.1, 0.15) is 11.1 Å². The minimum Gasteiger partial charge on any atom is -0.491 e. The van der Waals surface area contributed by atoms with Crippen LogP contribution < -0.4 is 10.1 Å². The van der Waals surface area contributed by atoms with Gasteiger partial charge in [0.1, 0.15) is 12.4 Å². The van der Waals surface area contributed by atoms with E-state index in [0.29, 0.717) is 19.8 Å². The van der Waals surface area contributed by atoms with E-state index in [4.69, 9.17) is 9.47 Å². The van der Waals surface area contributed by atoms with Gasteiger partial charge in [-0.1, -0.05) is 52.3 Å². The second-order valence-corrected chi connectivity index (χ2v) is 5.48. The van der Waals surface area contributed by atoms with Crippen LogP contribution in [0.2, 0.25) is 0 Å². The molecule has 0 radical (unpaired) electrons. The van der Waals surface area contributed by atoms with Gasteiger partial charge in [0, 0.05) is 16.6 Å². The number of halogens is 1. The lowest BCUT2D eigenvalue weighted by molar-refractivity contribution is 0.0883. The Bertz CT molecular complexity index is 560. The Hall–Kier alpha value is -1.36. The van der Waals surface area contributed by atoms with Gasteiger partial charge in [0.2, 0.25) is 0 Å². The van der Waals surface area contributed by atoms with Gasteiger partial charge in [-0.05, 0) is 24.7 Å². The van der Waals surface area contributed by atoms with Crippen LogP contribution in [0.25, 0.3) is 0 Å². The number of ether oxygens (including phenoxy) is 2. The zero-order chi connectivity index (χ0) is 14.9. The first-order valence-corrected chi connectivity index (χ1v) is 7.77. The summed E-state index contributed by atoms with van der Waals surface area (Å²) in [5.74, 6) is 0.913. The largest absolute Gasteiger partial charge is 0.491 e. The molecule has 1 N–H and O–H groups in total. The van der Waals surface area contributed by atoms with Crippen molar-refractivity contribution in [3.05, 3.63) is 64.1 Å². The summed E-state index contributed by atoms with van der Waals surface area (Å²) in [5, 5.41) is 3.14. The maximum absolute atomic E-state index is 5.78. The standard InChI is InChI=1S/C17H20BrNO2/c1-19-12-14-6-3-5-9-17(14)21-11-10-20-13-15-7-2-4-8-16(15)18/h2-9,19H,10-13H2,1H3. The first-order valence-electron chi connectivity index (χ1n) is 6.97. The molecule has 0 spiro atoms. The molecular weight excluding hydrogens is 330 g/mol. The number of nitrogens with one attached hydrogen (secondary N) is 1. The second kappa shape index (κ2) is 8.82. The van der Waals surface area contributed by atoms with Gasteiger partial charge in [0.25, 0.3) is 0 Å². The smallest absolute Gasteiger partial charge is 0.123 e. The van der Waals surface area contributed by atoms with E-state index in [-0.39, 0.29) is 0 Å². The van der Waals surface area contributed by atoms with Crippen molar-refractivity contribution in [1.29, 1.82) is 0 Å². The minimum absolute atomic E-state index is 0.547. The highest BCUT2D eigenvalue weighted by Gasteiger charge is 2.02. The van der Waals surface area contributed by atoms with E-state index in [2.05, 4.69) is 27.3 Å². The van der Waals surface area contributed by atoms with E-state index in [0.717, 1.165) is 27.9 Å². The molecule has 3 nitrogen and oxygen atoms in total. The minimum atomic E-state index is 0.547. The van der Waals surface area contributed by atoms with Crippen molar-refractivity contribution in [3.63, 3.8) is 0 Å². The molecule has 2 aromatic rings. The first kappa shape index (κ1) is 16.0. The highest BCUT2D eigenvalue weighted by atomic mass is 79.9. The molecule has 0 bridgehead atoms. The molecule has 0 fully saturated rings. The molecule has 2 rings (SSSR count). The number of para-hydroxylation sites is 1. The predicted molar refractivity (Wildman–Crippen MR) is 88.5 cm³/mol. The first-order chi connectivity index (χ1) is 10.3. The van der Waals surface area contributed by atoms with E-state index in [1.54, 1.807) is 0 Å². The fourth-order valence-electron chi connectivity index (χ4n) is 1.99. The topological polar surface area (TPSA) is 30.5 Å². The lowest BCUT2D eigenvalue weighted by Gasteiger charge is -2.11. The third-order valence-corrected chi connectivity index (χ3v) is 3.81. The summed E-state index contributed by atoms with van der Waals surface area (Å²) < 4.78 is 12.5. The summed E-state index contributed by atoms with van der Waals surface area (Å²) >= 11 is 3.51. The molecule has 21 heavy (non-hydrogen) atoms. The number of hydrogen-bond donors (Lipinski definition) is 1. The molecule has 0 unspecified atom stereocenters. The van der Waals surface area contributed by atoms with Crippen LogP contribution in [0.3, 0.4) is 0 Å². The lowest BCUT2D eigenvalue weighted by atomic mass is 10.2. The van der Waals surface area contributed by atoms with Gasteiger partial charge >= 0.3 is 0 Å². The van der Waals surface area contributed by atoms with Gasteiger partial charge in [0.15, 0.2) is 0 Å². The molecule has 0 aliphatic rings. The van der Waals surface area contributed by atoms with Crippen molar-refractivity contribution in [2.24, 2.45) is 0 Å². The zero-order valence-electron chi connectivity index (χ0n) is 12.1. The van der Waals surface area contributed by atoms with Crippen LogP contribution >= 0.6 is 15.9 Å². The SMILES string of the molecule is CNCc1ccccc1OCCOCc1ccccc1Br. The molecule has 0 atom stereocenters. The maximum Gasteiger partial charge on any atom is 0.123 e. The average molecular weight is 350 g/mol. The Morgan fingerprint density at radius 3 is 2.43 bits per heavy atom. The van der Waals surface area contributed by atoms with Gasteiger partial charge in [-0.3, -0.25) is 0 Å². The van der Waals surface area contributed by atoms with Crippen molar-refractivity contribution < 1.29 is 9.47 Å². The molecule has 2 aromatic carbocycles. The molecule has 112 valence electrons. The molecule has 0 amide bonds. The van der Waals surface area contributed by atoms with Gasteiger partial charge in [-0.25, -0.2) is 0 Å². The van der Waals surface area contributed by atoms with Crippen LogP contribution in [0.15, 0.2) is 53.0 Å². The van der Waals surface area contributed by atoms with E-state index in [9.17, 15) is 0 Å². The average Bonchev–Trinajstić information content (AvgIpc) is 2.50. The number of hydrogen-bond acceptors (Lipinski definition) is 3. The van der Waals surface area contributed by atoms with Crippen molar-refractivity contribution in [3.8, 4) is 5.75 Å². The van der Waals surface area contributed by atoms with Gasteiger partial charge < -0.3 is 14.8 Å². The molecule has 0 saturated carbocycles. The fraction of sp³-hybridized carbons (Fsp3) is 0.294. The summed E-state index contributed by atoms with van der Waals surface area (Å²) in [7, 11) is 1.93.